The van der Waals surface area contributed by atoms with Crippen molar-refractivity contribution in [1.82, 2.24) is 20.3 Å². The van der Waals surface area contributed by atoms with Crippen LogP contribution in [0.15, 0.2) is 30.5 Å². The number of β-amino-alcohol motifs (C(OH)–C–C–N with tert-alkyl or cyclic N) is 1. The molecule has 3 saturated heterocycles. The Hall–Kier alpha value is -3.71. The number of rotatable bonds is 6. The summed E-state index contributed by atoms with van der Waals surface area (Å²) >= 11 is 0. The topological polar surface area (TPSA) is 122 Å². The number of aromatic hydroxyl groups is 1. The summed E-state index contributed by atoms with van der Waals surface area (Å²) in [7, 11) is 0. The molecule has 1 saturated carbocycles. The molecule has 10 nitrogen and oxygen atoms in total. The molecule has 0 amide bonds. The van der Waals surface area contributed by atoms with Crippen LogP contribution in [0.3, 0.4) is 0 Å². The van der Waals surface area contributed by atoms with E-state index in [4.69, 9.17) is 19.2 Å². The molecule has 0 bridgehead atoms. The Bertz CT molecular complexity index is 1810. The Morgan fingerprint density at radius 3 is 2.58 bits per heavy atom. The van der Waals surface area contributed by atoms with Crippen LogP contribution in [0.1, 0.15) is 77.7 Å². The van der Waals surface area contributed by atoms with E-state index in [9.17, 15) is 14.6 Å². The summed E-state index contributed by atoms with van der Waals surface area (Å²) in [6.45, 7) is 10.5. The van der Waals surface area contributed by atoms with E-state index in [-0.39, 0.29) is 47.1 Å². The monoisotopic (exact) mass is 721 g/mol. The zero-order chi connectivity index (χ0) is 36.7. The van der Waals surface area contributed by atoms with Crippen molar-refractivity contribution in [2.75, 3.05) is 57.6 Å². The van der Waals surface area contributed by atoms with Crippen LogP contribution in [0.5, 0.6) is 11.8 Å². The largest absolute Gasteiger partial charge is 0.508 e. The van der Waals surface area contributed by atoms with Crippen molar-refractivity contribution in [2.24, 2.45) is 5.41 Å². The molecule has 3 aliphatic heterocycles. The Morgan fingerprint density at radius 1 is 1.02 bits per heavy atom. The van der Waals surface area contributed by atoms with E-state index in [1.165, 1.54) is 43.7 Å². The van der Waals surface area contributed by atoms with E-state index in [0.29, 0.717) is 59.8 Å². The number of halogens is 2. The van der Waals surface area contributed by atoms with E-state index in [2.05, 4.69) is 15.3 Å². The van der Waals surface area contributed by atoms with Gasteiger partial charge in [-0.2, -0.15) is 9.97 Å². The highest BCUT2D eigenvalue weighted by Crippen LogP contribution is 2.45. The van der Waals surface area contributed by atoms with Crippen molar-refractivity contribution in [2.45, 2.75) is 90.7 Å². The molecule has 3 atom stereocenters. The number of ether oxygens (including phenoxy) is 3. The minimum Gasteiger partial charge on any atom is -0.508 e. The predicted molar refractivity (Wildman–Crippen MR) is 199 cm³/mol. The maximum Gasteiger partial charge on any atom is 0.319 e. The molecule has 282 valence electrons. The van der Waals surface area contributed by atoms with Gasteiger partial charge < -0.3 is 34.6 Å². The number of piperidine rings is 1. The van der Waals surface area contributed by atoms with Crippen molar-refractivity contribution in [3.63, 3.8) is 0 Å². The summed E-state index contributed by atoms with van der Waals surface area (Å²) in [5.74, 6) is -0.815. The van der Waals surface area contributed by atoms with Gasteiger partial charge in [0, 0.05) is 49.5 Å². The van der Waals surface area contributed by atoms with Gasteiger partial charge in [0.1, 0.15) is 28.6 Å². The number of pyridine rings is 1. The van der Waals surface area contributed by atoms with Crippen LogP contribution in [-0.4, -0.2) is 90.0 Å². The highest BCUT2D eigenvalue weighted by atomic mass is 19.1. The number of aliphatic hydroxyl groups is 1. The van der Waals surface area contributed by atoms with Crippen LogP contribution < -0.4 is 15.0 Å². The van der Waals surface area contributed by atoms with Gasteiger partial charge in [-0.25, -0.2) is 8.78 Å². The lowest BCUT2D eigenvalue weighted by molar-refractivity contribution is 0.0597. The molecule has 4 fully saturated rings. The molecule has 52 heavy (non-hydrogen) atoms. The molecular formula is C40H53F2N5O5. The van der Waals surface area contributed by atoms with E-state index < -0.39 is 17.7 Å². The van der Waals surface area contributed by atoms with Crippen LogP contribution >= 0.6 is 0 Å². The highest BCUT2D eigenvalue weighted by molar-refractivity contribution is 6.01. The summed E-state index contributed by atoms with van der Waals surface area (Å²) in [6.07, 6.45) is 10.4. The number of nitrogens with one attached hydrogen (secondary N) is 1. The van der Waals surface area contributed by atoms with Gasteiger partial charge in [0.25, 0.3) is 0 Å². The number of aryl methyl sites for hydroxylation is 1. The Balaban J connectivity index is 0.000000521. The third-order valence-corrected chi connectivity index (χ3v) is 10.7. The zero-order valence-electron chi connectivity index (χ0n) is 30.7. The number of hydrogen-bond donors (Lipinski definition) is 3. The molecule has 3 N–H and O–H groups in total. The molecule has 3 unspecified atom stereocenters. The smallest absolute Gasteiger partial charge is 0.319 e. The van der Waals surface area contributed by atoms with Crippen LogP contribution in [-0.2, 0) is 15.9 Å². The van der Waals surface area contributed by atoms with Crippen LogP contribution in [0.4, 0.5) is 14.6 Å². The molecule has 4 aromatic rings. The summed E-state index contributed by atoms with van der Waals surface area (Å²) in [5, 5.41) is 26.1. The average Bonchev–Trinajstić information content (AvgIpc) is 3.49. The van der Waals surface area contributed by atoms with Crippen LogP contribution in [0.25, 0.3) is 32.9 Å². The molecule has 1 aliphatic carbocycles. The fourth-order valence-electron chi connectivity index (χ4n) is 8.15. The SMILES string of the molecule is C1CCOCC1.CC.CCc1c(F)ccc2cc(O)cc(-c3ncc4c(N5CCOCC(O)C5)nc(OCC56CCCNC5CCC6)nc4c3F)c12. The number of phenols is 1. The van der Waals surface area contributed by atoms with Gasteiger partial charge in [0.15, 0.2) is 5.82 Å². The molecule has 0 radical (unpaired) electrons. The minimum absolute atomic E-state index is 0.00263. The standard InChI is InChI=1S/C33H37F2N5O4.C5H10O.C2H6/c1-2-22-25(34)7-6-19-13-20(41)14-23(27(19)22)29-28(35)30-24(15-37-29)31(40-11-12-43-17-21(42)16-40)39-32(38-30)44-18-33-8-3-5-26(33)36-10-4-9-33;1-2-4-6-5-3-1;1-2/h6-7,13-15,21,26,36,41-42H,2-5,8-12,16-18H2,1H3;1-5H2;1-2H3. The van der Waals surface area contributed by atoms with Gasteiger partial charge in [-0.05, 0) is 92.4 Å². The summed E-state index contributed by atoms with van der Waals surface area (Å²) in [4.78, 5) is 15.7. The highest BCUT2D eigenvalue weighted by Gasteiger charge is 2.45. The summed E-state index contributed by atoms with van der Waals surface area (Å²) < 4.78 is 48.6. The number of nitrogens with zero attached hydrogens (tertiary/aromatic N) is 4. The lowest BCUT2D eigenvalue weighted by atomic mass is 9.76. The third-order valence-electron chi connectivity index (χ3n) is 10.7. The van der Waals surface area contributed by atoms with E-state index in [0.717, 1.165) is 51.9 Å². The molecule has 5 heterocycles. The quantitative estimate of drug-likeness (QED) is 0.190. The fourth-order valence-corrected chi connectivity index (χ4v) is 8.15. The van der Waals surface area contributed by atoms with Gasteiger partial charge in [0.05, 0.1) is 31.3 Å². The second-order valence-corrected chi connectivity index (χ2v) is 14.0. The first kappa shape index (κ1) is 38.0. The van der Waals surface area contributed by atoms with Crippen LogP contribution in [0, 0.1) is 17.0 Å². The van der Waals surface area contributed by atoms with E-state index in [1.54, 1.807) is 6.07 Å². The predicted octanol–water partition coefficient (Wildman–Crippen LogP) is 7.10. The Labute approximate surface area is 304 Å². The number of anilines is 1. The number of fused-ring (bicyclic) bond motifs is 3. The van der Waals surface area contributed by atoms with Crippen molar-refractivity contribution in [1.29, 1.82) is 0 Å². The second kappa shape index (κ2) is 17.4. The number of hydrogen-bond acceptors (Lipinski definition) is 10. The minimum atomic E-state index is -0.753. The van der Waals surface area contributed by atoms with Gasteiger partial charge in [-0.3, -0.25) is 4.98 Å². The maximum absolute atomic E-state index is 16.8. The summed E-state index contributed by atoms with van der Waals surface area (Å²) in [5.41, 5.74) is 0.614. The lowest BCUT2D eigenvalue weighted by Crippen LogP contribution is -2.49. The van der Waals surface area contributed by atoms with Gasteiger partial charge >= 0.3 is 6.01 Å². The zero-order valence-corrected chi connectivity index (χ0v) is 30.7. The van der Waals surface area contributed by atoms with Crippen molar-refractivity contribution in [3.8, 4) is 23.0 Å². The molecule has 8 rings (SSSR count). The second-order valence-electron chi connectivity index (χ2n) is 14.0. The first-order chi connectivity index (χ1) is 25.4. The van der Waals surface area contributed by atoms with E-state index in [1.807, 2.05) is 25.7 Å². The maximum atomic E-state index is 16.8. The van der Waals surface area contributed by atoms with Crippen LogP contribution in [0.2, 0.25) is 0 Å². The lowest BCUT2D eigenvalue weighted by Gasteiger charge is -2.39. The van der Waals surface area contributed by atoms with Crippen molar-refractivity contribution < 1.29 is 33.2 Å². The molecule has 0 spiro atoms. The molecule has 2 aromatic heterocycles. The Kier molecular flexibility index (Phi) is 12.7. The molecule has 12 heteroatoms. The molecule has 4 aliphatic rings. The molecule has 2 aromatic carbocycles. The summed E-state index contributed by atoms with van der Waals surface area (Å²) in [6, 6.07) is 6.29. The normalized spacial score (nSPS) is 23.2. The van der Waals surface area contributed by atoms with Gasteiger partial charge in [-0.1, -0.05) is 33.3 Å². The molecular weight excluding hydrogens is 668 g/mol. The first-order valence-electron chi connectivity index (χ1n) is 19.1. The van der Waals surface area contributed by atoms with Gasteiger partial charge in [0.2, 0.25) is 0 Å². The number of aliphatic hydroxyl groups excluding tert-OH is 1. The number of aromatic nitrogens is 3. The van der Waals surface area contributed by atoms with Crippen molar-refractivity contribution >= 4 is 27.5 Å². The Morgan fingerprint density at radius 2 is 1.83 bits per heavy atom. The van der Waals surface area contributed by atoms with Gasteiger partial charge in [-0.15, -0.1) is 0 Å². The van der Waals surface area contributed by atoms with E-state index >= 15 is 4.39 Å². The average molecular weight is 722 g/mol. The number of phenolic OH excluding ortho intramolecular Hbond substituents is 1. The fraction of sp³-hybridized carbons (Fsp3) is 0.575. The third kappa shape index (κ3) is 8.10. The first-order valence-corrected chi connectivity index (χ1v) is 19.1. The van der Waals surface area contributed by atoms with Crippen molar-refractivity contribution in [3.05, 3.63) is 47.7 Å². The number of benzene rings is 2.